The van der Waals surface area contributed by atoms with Crippen molar-refractivity contribution in [1.82, 2.24) is 0 Å². The predicted molar refractivity (Wildman–Crippen MR) is 69.8 cm³/mol. The number of rotatable bonds is 7. The summed E-state index contributed by atoms with van der Waals surface area (Å²) in [6, 6.07) is 0. The highest BCUT2D eigenvalue weighted by Crippen LogP contribution is 2.24. The summed E-state index contributed by atoms with van der Waals surface area (Å²) in [5.74, 6) is -0.175. The molecule has 3 nitrogen and oxygen atoms in total. The molecule has 0 saturated heterocycles. The highest BCUT2D eigenvalue weighted by Gasteiger charge is 2.15. The maximum absolute atomic E-state index is 11.6. The van der Waals surface area contributed by atoms with E-state index in [1.807, 2.05) is 19.4 Å². The van der Waals surface area contributed by atoms with Crippen molar-refractivity contribution in [2.24, 2.45) is 0 Å². The molecule has 1 atom stereocenters. The molecule has 1 N–H and O–H groups in total. The lowest BCUT2D eigenvalue weighted by Crippen LogP contribution is -2.19. The molecule has 0 spiro atoms. The van der Waals surface area contributed by atoms with Gasteiger partial charge in [-0.2, -0.15) is 0 Å². The second-order valence-corrected chi connectivity index (χ2v) is 6.97. The number of aliphatic hydroxyl groups is 1. The highest BCUT2D eigenvalue weighted by molar-refractivity contribution is 8.22. The van der Waals surface area contributed by atoms with E-state index >= 15 is 0 Å². The van der Waals surface area contributed by atoms with E-state index in [4.69, 9.17) is 0 Å². The molecule has 0 amide bonds. The molecule has 15 heavy (non-hydrogen) atoms. The molecule has 90 valence electrons. The van der Waals surface area contributed by atoms with Crippen molar-refractivity contribution in [1.29, 1.82) is 0 Å². The Labute approximate surface area is 101 Å². The number of hydrogen-bond acceptors (Lipinski definition) is 5. The minimum atomic E-state index is -3.28. The van der Waals surface area contributed by atoms with Crippen molar-refractivity contribution in [2.45, 2.75) is 25.9 Å². The van der Waals surface area contributed by atoms with Crippen LogP contribution >= 0.6 is 23.5 Å². The summed E-state index contributed by atoms with van der Waals surface area (Å²) in [5.41, 5.74) is 0. The number of hydrogen-bond donors (Lipinski definition) is 1. The van der Waals surface area contributed by atoms with Crippen LogP contribution in [0.15, 0.2) is 9.65 Å². The summed E-state index contributed by atoms with van der Waals surface area (Å²) in [7, 11) is -3.28. The molecule has 0 aromatic heterocycles. The Balaban J connectivity index is 4.49. The van der Waals surface area contributed by atoms with Gasteiger partial charge in [0.15, 0.2) is 9.84 Å². The fourth-order valence-corrected chi connectivity index (χ4v) is 4.47. The second-order valence-electron chi connectivity index (χ2n) is 3.12. The zero-order valence-electron chi connectivity index (χ0n) is 9.26. The minimum Gasteiger partial charge on any atom is -0.392 e. The van der Waals surface area contributed by atoms with E-state index in [0.717, 1.165) is 10.7 Å². The molecule has 0 radical (unpaired) electrons. The first-order chi connectivity index (χ1) is 6.95. The molecule has 0 saturated carbocycles. The Morgan fingerprint density at radius 2 is 1.93 bits per heavy atom. The lowest BCUT2D eigenvalue weighted by molar-refractivity contribution is 0.186. The van der Waals surface area contributed by atoms with Crippen LogP contribution in [0.4, 0.5) is 0 Å². The van der Waals surface area contributed by atoms with Gasteiger partial charge in [-0.1, -0.05) is 13.3 Å². The van der Waals surface area contributed by atoms with Crippen LogP contribution in [0.3, 0.4) is 0 Å². The summed E-state index contributed by atoms with van der Waals surface area (Å²) in [5, 5.41) is 10.7. The van der Waals surface area contributed by atoms with Gasteiger partial charge in [0.25, 0.3) is 0 Å². The molecular formula is C9H18O3S3. The van der Waals surface area contributed by atoms with Crippen molar-refractivity contribution in [2.75, 3.05) is 18.3 Å². The standard InChI is InChI=1S/C9H18O3S3/c1-4-5-8(10)6-15(11,12)7-9(13-2)14-3/h7-8,10H,4-6H2,1-3H3. The molecule has 0 bridgehead atoms. The van der Waals surface area contributed by atoms with Crippen LogP contribution < -0.4 is 0 Å². The van der Waals surface area contributed by atoms with E-state index in [1.165, 1.54) is 28.9 Å². The molecule has 6 heteroatoms. The monoisotopic (exact) mass is 270 g/mol. The van der Waals surface area contributed by atoms with Crippen molar-refractivity contribution < 1.29 is 13.5 Å². The van der Waals surface area contributed by atoms with Crippen molar-refractivity contribution in [3.8, 4) is 0 Å². The Hall–Kier alpha value is 0.350. The smallest absolute Gasteiger partial charge is 0.175 e. The molecule has 0 rings (SSSR count). The Bertz CT molecular complexity index is 290. The molecule has 0 aliphatic rings. The third kappa shape index (κ3) is 7.27. The molecule has 0 heterocycles. The van der Waals surface area contributed by atoms with Crippen LogP contribution in [0.1, 0.15) is 19.8 Å². The zero-order valence-corrected chi connectivity index (χ0v) is 11.7. The normalized spacial score (nSPS) is 13.6. The Kier molecular flexibility index (Phi) is 7.77. The van der Waals surface area contributed by atoms with Crippen LogP contribution in [0.2, 0.25) is 0 Å². The van der Waals surface area contributed by atoms with Gasteiger partial charge in [-0.25, -0.2) is 8.42 Å². The maximum atomic E-state index is 11.6. The van der Waals surface area contributed by atoms with Gasteiger partial charge in [0, 0.05) is 0 Å². The lowest BCUT2D eigenvalue weighted by Gasteiger charge is -2.08. The topological polar surface area (TPSA) is 54.4 Å². The maximum Gasteiger partial charge on any atom is 0.175 e. The number of sulfone groups is 1. The predicted octanol–water partition coefficient (Wildman–Crippen LogP) is 2.09. The van der Waals surface area contributed by atoms with Crippen LogP contribution in [0.5, 0.6) is 0 Å². The van der Waals surface area contributed by atoms with Gasteiger partial charge in [0.2, 0.25) is 0 Å². The Morgan fingerprint density at radius 3 is 2.33 bits per heavy atom. The first-order valence-corrected chi connectivity index (χ1v) is 8.82. The average molecular weight is 270 g/mol. The molecule has 0 aliphatic heterocycles. The Morgan fingerprint density at radius 1 is 1.40 bits per heavy atom. The van der Waals surface area contributed by atoms with Gasteiger partial charge in [-0.3, -0.25) is 0 Å². The van der Waals surface area contributed by atoms with E-state index in [2.05, 4.69) is 0 Å². The molecule has 0 aromatic rings. The number of thioether (sulfide) groups is 2. The van der Waals surface area contributed by atoms with E-state index in [9.17, 15) is 13.5 Å². The van der Waals surface area contributed by atoms with Gasteiger partial charge in [-0.15, -0.1) is 23.5 Å². The molecular weight excluding hydrogens is 252 g/mol. The summed E-state index contributed by atoms with van der Waals surface area (Å²) in [4.78, 5) is 0. The van der Waals surface area contributed by atoms with E-state index in [0.29, 0.717) is 6.42 Å². The SMILES string of the molecule is CCCC(O)CS(=O)(=O)C=C(SC)SC. The first kappa shape index (κ1) is 15.3. The van der Waals surface area contributed by atoms with Gasteiger partial charge in [0.05, 0.1) is 21.5 Å². The highest BCUT2D eigenvalue weighted by atomic mass is 32.2. The van der Waals surface area contributed by atoms with Crippen molar-refractivity contribution in [3.05, 3.63) is 9.65 Å². The van der Waals surface area contributed by atoms with Gasteiger partial charge in [-0.05, 0) is 18.9 Å². The fraction of sp³-hybridized carbons (Fsp3) is 0.778. The van der Waals surface area contributed by atoms with E-state index in [-0.39, 0.29) is 5.75 Å². The summed E-state index contributed by atoms with van der Waals surface area (Å²) in [6.07, 6.45) is 4.24. The summed E-state index contributed by atoms with van der Waals surface area (Å²) < 4.78 is 23.9. The van der Waals surface area contributed by atoms with Crippen LogP contribution in [-0.4, -0.2) is 37.9 Å². The average Bonchev–Trinajstić information content (AvgIpc) is 2.13. The zero-order chi connectivity index (χ0) is 11.9. The van der Waals surface area contributed by atoms with Gasteiger partial charge >= 0.3 is 0 Å². The van der Waals surface area contributed by atoms with Crippen LogP contribution in [-0.2, 0) is 9.84 Å². The minimum absolute atomic E-state index is 0.175. The van der Waals surface area contributed by atoms with Gasteiger partial charge < -0.3 is 5.11 Å². The third-order valence-corrected chi connectivity index (χ3v) is 5.51. The summed E-state index contributed by atoms with van der Waals surface area (Å²) >= 11 is 2.80. The molecule has 0 aliphatic carbocycles. The van der Waals surface area contributed by atoms with Crippen molar-refractivity contribution in [3.63, 3.8) is 0 Å². The quantitative estimate of drug-likeness (QED) is 0.767. The molecule has 1 unspecified atom stereocenters. The lowest BCUT2D eigenvalue weighted by atomic mass is 10.2. The van der Waals surface area contributed by atoms with Gasteiger partial charge in [0.1, 0.15) is 0 Å². The molecule has 0 aromatic carbocycles. The second kappa shape index (κ2) is 7.60. The summed E-state index contributed by atoms with van der Waals surface area (Å²) in [6.45, 7) is 1.92. The van der Waals surface area contributed by atoms with E-state index in [1.54, 1.807) is 0 Å². The number of aliphatic hydroxyl groups excluding tert-OH is 1. The van der Waals surface area contributed by atoms with Crippen LogP contribution in [0.25, 0.3) is 0 Å². The first-order valence-electron chi connectivity index (χ1n) is 4.65. The molecule has 0 fully saturated rings. The third-order valence-electron chi connectivity index (χ3n) is 1.72. The van der Waals surface area contributed by atoms with Crippen LogP contribution in [0, 0.1) is 0 Å². The van der Waals surface area contributed by atoms with Crippen molar-refractivity contribution >= 4 is 33.4 Å². The fourth-order valence-electron chi connectivity index (χ4n) is 1.06. The van der Waals surface area contributed by atoms with E-state index < -0.39 is 15.9 Å². The largest absolute Gasteiger partial charge is 0.392 e.